The molecule has 0 aromatic carbocycles. The summed E-state index contributed by atoms with van der Waals surface area (Å²) in [4.78, 5) is 10.5. The quantitative estimate of drug-likeness (QED) is 0.385. The lowest BCUT2D eigenvalue weighted by molar-refractivity contribution is -0.143. The SMILES string of the molecule is C=C(F)C(=O)OCCOC(C)(C)C. The molecule has 13 heavy (non-hydrogen) atoms. The highest BCUT2D eigenvalue weighted by atomic mass is 19.1. The molecule has 0 aromatic rings. The van der Waals surface area contributed by atoms with Crippen LogP contribution in [0, 0.1) is 0 Å². The number of esters is 1. The zero-order valence-electron chi connectivity index (χ0n) is 8.22. The number of carbonyl (C=O) groups is 1. The third kappa shape index (κ3) is 7.46. The Hall–Kier alpha value is -0.900. The van der Waals surface area contributed by atoms with Crippen LogP contribution in [0.5, 0.6) is 0 Å². The van der Waals surface area contributed by atoms with Crippen LogP contribution in [0.3, 0.4) is 0 Å². The Bertz CT molecular complexity index is 194. The zero-order valence-corrected chi connectivity index (χ0v) is 8.22. The molecular weight excluding hydrogens is 175 g/mol. The molecule has 0 fully saturated rings. The number of rotatable bonds is 4. The van der Waals surface area contributed by atoms with Crippen molar-refractivity contribution in [1.29, 1.82) is 0 Å². The van der Waals surface area contributed by atoms with E-state index in [4.69, 9.17) is 4.74 Å². The molecule has 76 valence electrons. The molecule has 0 bridgehead atoms. The Morgan fingerprint density at radius 2 is 1.92 bits per heavy atom. The molecule has 0 rings (SSSR count). The second-order valence-electron chi connectivity index (χ2n) is 3.50. The van der Waals surface area contributed by atoms with E-state index in [1.165, 1.54) is 0 Å². The summed E-state index contributed by atoms with van der Waals surface area (Å²) < 4.78 is 21.7. The van der Waals surface area contributed by atoms with Crippen LogP contribution in [0.15, 0.2) is 12.4 Å². The first-order valence-corrected chi connectivity index (χ1v) is 3.98. The molecule has 0 spiro atoms. The van der Waals surface area contributed by atoms with E-state index < -0.39 is 11.8 Å². The molecule has 0 aliphatic rings. The van der Waals surface area contributed by atoms with E-state index in [9.17, 15) is 9.18 Å². The van der Waals surface area contributed by atoms with Gasteiger partial charge in [0.25, 0.3) is 0 Å². The maximum absolute atomic E-state index is 12.0. The molecule has 0 saturated carbocycles. The summed E-state index contributed by atoms with van der Waals surface area (Å²) in [5, 5.41) is 0. The van der Waals surface area contributed by atoms with E-state index in [1.54, 1.807) is 0 Å². The normalized spacial score (nSPS) is 11.1. The van der Waals surface area contributed by atoms with Crippen molar-refractivity contribution in [1.82, 2.24) is 0 Å². The van der Waals surface area contributed by atoms with Crippen LogP contribution in [0.2, 0.25) is 0 Å². The van der Waals surface area contributed by atoms with Crippen molar-refractivity contribution >= 4 is 5.97 Å². The number of hydrogen-bond acceptors (Lipinski definition) is 3. The van der Waals surface area contributed by atoms with Crippen LogP contribution in [0.1, 0.15) is 20.8 Å². The van der Waals surface area contributed by atoms with Crippen LogP contribution >= 0.6 is 0 Å². The third-order valence-corrected chi connectivity index (χ3v) is 1.07. The summed E-state index contributed by atoms with van der Waals surface area (Å²) in [6, 6.07) is 0. The van der Waals surface area contributed by atoms with Gasteiger partial charge in [-0.15, -0.1) is 0 Å². The molecule has 0 aliphatic heterocycles. The zero-order chi connectivity index (χ0) is 10.5. The van der Waals surface area contributed by atoms with Crippen molar-refractivity contribution < 1.29 is 18.7 Å². The van der Waals surface area contributed by atoms with E-state index in [0.29, 0.717) is 0 Å². The standard InChI is InChI=1S/C9H15FO3/c1-7(10)8(11)12-5-6-13-9(2,3)4/h1,5-6H2,2-4H3. The Labute approximate surface area is 77.5 Å². The largest absolute Gasteiger partial charge is 0.458 e. The van der Waals surface area contributed by atoms with Crippen LogP contribution < -0.4 is 0 Å². The van der Waals surface area contributed by atoms with Crippen LogP contribution in [-0.4, -0.2) is 24.8 Å². The van der Waals surface area contributed by atoms with Gasteiger partial charge in [-0.3, -0.25) is 0 Å². The van der Waals surface area contributed by atoms with E-state index >= 15 is 0 Å². The van der Waals surface area contributed by atoms with Gasteiger partial charge in [-0.25, -0.2) is 4.79 Å². The van der Waals surface area contributed by atoms with E-state index in [0.717, 1.165) is 0 Å². The molecule has 3 nitrogen and oxygen atoms in total. The Kier molecular flexibility index (Phi) is 4.62. The van der Waals surface area contributed by atoms with Crippen LogP contribution in [0.4, 0.5) is 4.39 Å². The van der Waals surface area contributed by atoms with Gasteiger partial charge < -0.3 is 9.47 Å². The fourth-order valence-electron chi connectivity index (χ4n) is 0.561. The smallest absolute Gasteiger partial charge is 0.366 e. The van der Waals surface area contributed by atoms with Gasteiger partial charge in [0.1, 0.15) is 6.61 Å². The molecule has 0 radical (unpaired) electrons. The lowest BCUT2D eigenvalue weighted by atomic mass is 10.2. The maximum atomic E-state index is 12.0. The Morgan fingerprint density at radius 3 is 2.31 bits per heavy atom. The minimum Gasteiger partial charge on any atom is -0.458 e. The van der Waals surface area contributed by atoms with E-state index in [1.807, 2.05) is 20.8 Å². The number of hydrogen-bond donors (Lipinski definition) is 0. The van der Waals surface area contributed by atoms with Crippen LogP contribution in [0.25, 0.3) is 0 Å². The molecule has 0 amide bonds. The molecule has 0 N–H and O–H groups in total. The highest BCUT2D eigenvalue weighted by molar-refractivity contribution is 5.85. The van der Waals surface area contributed by atoms with Gasteiger partial charge in [0.2, 0.25) is 5.83 Å². The van der Waals surface area contributed by atoms with Crippen molar-refractivity contribution in [2.75, 3.05) is 13.2 Å². The number of carbonyl (C=O) groups excluding carboxylic acids is 1. The van der Waals surface area contributed by atoms with Gasteiger partial charge in [0, 0.05) is 0 Å². The summed E-state index contributed by atoms with van der Waals surface area (Å²) in [7, 11) is 0. The van der Waals surface area contributed by atoms with Gasteiger partial charge in [0.05, 0.1) is 12.2 Å². The highest BCUT2D eigenvalue weighted by Gasteiger charge is 2.11. The molecule has 0 unspecified atom stereocenters. The lowest BCUT2D eigenvalue weighted by Crippen LogP contribution is -2.22. The maximum Gasteiger partial charge on any atom is 0.366 e. The van der Waals surface area contributed by atoms with E-state index in [-0.39, 0.29) is 18.8 Å². The van der Waals surface area contributed by atoms with Gasteiger partial charge in [-0.05, 0) is 20.8 Å². The number of halogens is 1. The van der Waals surface area contributed by atoms with Gasteiger partial charge in [-0.1, -0.05) is 6.58 Å². The molecule has 0 saturated heterocycles. The van der Waals surface area contributed by atoms with Crippen molar-refractivity contribution in [2.45, 2.75) is 26.4 Å². The summed E-state index contributed by atoms with van der Waals surface area (Å²) in [5.41, 5.74) is -0.279. The molecule has 0 atom stereocenters. The minimum absolute atomic E-state index is 0.0407. The predicted octanol–water partition coefficient (Wildman–Crippen LogP) is 1.83. The third-order valence-electron chi connectivity index (χ3n) is 1.07. The monoisotopic (exact) mass is 190 g/mol. The molecular formula is C9H15FO3. The first kappa shape index (κ1) is 12.1. The fraction of sp³-hybridized carbons (Fsp3) is 0.667. The van der Waals surface area contributed by atoms with Crippen molar-refractivity contribution in [3.8, 4) is 0 Å². The average molecular weight is 190 g/mol. The summed E-state index contributed by atoms with van der Waals surface area (Å²) in [6.45, 7) is 8.73. The molecule has 0 aromatic heterocycles. The number of ether oxygens (including phenoxy) is 2. The molecule has 0 heterocycles. The fourth-order valence-corrected chi connectivity index (χ4v) is 0.561. The first-order valence-electron chi connectivity index (χ1n) is 3.98. The lowest BCUT2D eigenvalue weighted by Gasteiger charge is -2.19. The predicted molar refractivity (Wildman–Crippen MR) is 46.9 cm³/mol. The van der Waals surface area contributed by atoms with Crippen molar-refractivity contribution in [3.05, 3.63) is 12.4 Å². The van der Waals surface area contributed by atoms with Gasteiger partial charge in [0.15, 0.2) is 0 Å². The topological polar surface area (TPSA) is 35.5 Å². The first-order chi connectivity index (χ1) is 5.83. The minimum atomic E-state index is -1.09. The summed E-state index contributed by atoms with van der Waals surface area (Å²) in [5.74, 6) is -2.12. The highest BCUT2D eigenvalue weighted by Crippen LogP contribution is 2.05. The van der Waals surface area contributed by atoms with Gasteiger partial charge >= 0.3 is 5.97 Å². The van der Waals surface area contributed by atoms with Gasteiger partial charge in [-0.2, -0.15) is 4.39 Å². The molecule has 4 heteroatoms. The summed E-state index contributed by atoms with van der Waals surface area (Å²) in [6.07, 6.45) is 0. The van der Waals surface area contributed by atoms with Crippen molar-refractivity contribution in [3.63, 3.8) is 0 Å². The van der Waals surface area contributed by atoms with Crippen molar-refractivity contribution in [2.24, 2.45) is 0 Å². The second kappa shape index (κ2) is 4.97. The molecule has 0 aliphatic carbocycles. The van der Waals surface area contributed by atoms with Crippen LogP contribution in [-0.2, 0) is 14.3 Å². The summed E-state index contributed by atoms with van der Waals surface area (Å²) >= 11 is 0. The Balaban J connectivity index is 3.47. The second-order valence-corrected chi connectivity index (χ2v) is 3.50. The van der Waals surface area contributed by atoms with E-state index in [2.05, 4.69) is 11.3 Å². The Morgan fingerprint density at radius 1 is 1.38 bits per heavy atom. The average Bonchev–Trinajstić information content (AvgIpc) is 1.95.